The van der Waals surface area contributed by atoms with Crippen molar-refractivity contribution in [1.82, 2.24) is 0 Å². The number of rotatable bonds is 8. The molecule has 8 nitrogen and oxygen atoms in total. The Hall–Kier alpha value is -1.07. The van der Waals surface area contributed by atoms with E-state index in [4.69, 9.17) is 0 Å². The van der Waals surface area contributed by atoms with Crippen LogP contribution in [0.5, 0.6) is 0 Å². The Kier molecular flexibility index (Phi) is 20.4. The largest absolute Gasteiger partial charge is 2.00 e. The summed E-state index contributed by atoms with van der Waals surface area (Å²) in [6.45, 7) is 8.11. The average molecular weight is 480 g/mol. The van der Waals surface area contributed by atoms with Crippen LogP contribution in [0.15, 0.2) is 24.3 Å². The number of hydrogen-bond donors (Lipinski definition) is 0. The van der Waals surface area contributed by atoms with Crippen LogP contribution in [0.2, 0.25) is 0 Å². The maximum Gasteiger partial charge on any atom is 2.00 e. The van der Waals surface area contributed by atoms with Crippen molar-refractivity contribution >= 4 is 72.8 Å². The second-order valence-corrected chi connectivity index (χ2v) is 5.35. The predicted octanol–water partition coefficient (Wildman–Crippen LogP) is -1.40. The van der Waals surface area contributed by atoms with Crippen LogP contribution in [-0.4, -0.2) is 86.0 Å². The van der Waals surface area contributed by atoms with Gasteiger partial charge in [0.2, 0.25) is 0 Å². The Bertz CT molecular complexity index is 437. The molecule has 9 heteroatoms. The molecule has 0 amide bonds. The molecule has 0 saturated carbocycles. The Morgan fingerprint density at radius 1 is 0.720 bits per heavy atom. The number of carboxylic acid groups (broad SMARTS) is 2. The third-order valence-corrected chi connectivity index (χ3v) is 1.83. The summed E-state index contributed by atoms with van der Waals surface area (Å²) in [5, 5.41) is 19.7. The summed E-state index contributed by atoms with van der Waals surface area (Å²) in [6.07, 6.45) is 2.95. The van der Waals surface area contributed by atoms with Gasteiger partial charge < -0.3 is 29.3 Å². The first-order chi connectivity index (χ1) is 11.0. The van der Waals surface area contributed by atoms with Gasteiger partial charge in [-0.15, -0.1) is 0 Å². The number of carboxylic acids is 2. The maximum atomic E-state index is 10.7. The summed E-state index contributed by atoms with van der Waals surface area (Å²) in [4.78, 5) is 41.0. The standard InChI is InChI=1S/2C8H12O4.Ba/c2*1-6(2)5-12-8(11)4-3-7(9)10;/h2*3-4,6H,5H2,1-2H3,(H,9,10);/q;;+2/p-2. The molecule has 0 saturated heterocycles. The minimum atomic E-state index is -1.41. The quantitative estimate of drug-likeness (QED) is 0.236. The molecule has 0 aliphatic carbocycles. The molecule has 0 aromatic rings. The average Bonchev–Trinajstić information content (AvgIpc) is 2.47. The third-order valence-electron chi connectivity index (χ3n) is 1.83. The number of esters is 2. The number of aliphatic carboxylic acids is 2. The van der Waals surface area contributed by atoms with Gasteiger partial charge in [-0.3, -0.25) is 0 Å². The molecule has 0 spiro atoms. The molecule has 0 aliphatic heterocycles. The summed E-state index contributed by atoms with van der Waals surface area (Å²) < 4.78 is 9.27. The minimum Gasteiger partial charge on any atom is -0.545 e. The van der Waals surface area contributed by atoms with Crippen LogP contribution in [-0.2, 0) is 28.7 Å². The Morgan fingerprint density at radius 2 is 1.00 bits per heavy atom. The van der Waals surface area contributed by atoms with Crippen LogP contribution < -0.4 is 10.2 Å². The van der Waals surface area contributed by atoms with E-state index < -0.39 is 23.9 Å². The van der Waals surface area contributed by atoms with Crippen molar-refractivity contribution in [3.8, 4) is 0 Å². The van der Waals surface area contributed by atoms with E-state index in [1.54, 1.807) is 0 Å². The second kappa shape index (κ2) is 17.7. The molecule has 0 heterocycles. The molecule has 0 radical (unpaired) electrons. The van der Waals surface area contributed by atoms with Crippen LogP contribution in [0.3, 0.4) is 0 Å². The van der Waals surface area contributed by atoms with Gasteiger partial charge in [0.1, 0.15) is 0 Å². The van der Waals surface area contributed by atoms with Gasteiger partial charge in [0.05, 0.1) is 25.2 Å². The van der Waals surface area contributed by atoms with E-state index in [2.05, 4.69) is 9.47 Å². The normalized spacial score (nSPS) is 10.2. The zero-order valence-electron chi connectivity index (χ0n) is 14.9. The minimum absolute atomic E-state index is 0. The van der Waals surface area contributed by atoms with E-state index in [-0.39, 0.29) is 73.9 Å². The van der Waals surface area contributed by atoms with Gasteiger partial charge in [-0.2, -0.15) is 0 Å². The van der Waals surface area contributed by atoms with E-state index in [9.17, 15) is 29.4 Å². The third kappa shape index (κ3) is 28.0. The molecule has 0 rings (SSSR count). The smallest absolute Gasteiger partial charge is 0.545 e. The van der Waals surface area contributed by atoms with E-state index in [1.165, 1.54) is 0 Å². The van der Waals surface area contributed by atoms with Gasteiger partial charge in [0.15, 0.2) is 0 Å². The molecule has 0 atom stereocenters. The van der Waals surface area contributed by atoms with Gasteiger partial charge >= 0.3 is 60.8 Å². The van der Waals surface area contributed by atoms with E-state index in [0.717, 1.165) is 12.2 Å². The van der Waals surface area contributed by atoms with Crippen molar-refractivity contribution in [3.63, 3.8) is 0 Å². The topological polar surface area (TPSA) is 133 Å². The van der Waals surface area contributed by atoms with Crippen molar-refractivity contribution in [2.24, 2.45) is 11.8 Å². The van der Waals surface area contributed by atoms with Crippen LogP contribution >= 0.6 is 0 Å². The molecule has 0 fully saturated rings. The Balaban J connectivity index is -0.000000372. The fourth-order valence-electron chi connectivity index (χ4n) is 0.866. The molecule has 0 bridgehead atoms. The first-order valence-corrected chi connectivity index (χ1v) is 7.16. The first kappa shape index (κ1) is 28.7. The van der Waals surface area contributed by atoms with E-state index in [1.807, 2.05) is 27.7 Å². The maximum absolute atomic E-state index is 10.7. The molecular weight excluding hydrogens is 457 g/mol. The fourth-order valence-corrected chi connectivity index (χ4v) is 0.866. The van der Waals surface area contributed by atoms with Crippen molar-refractivity contribution in [2.75, 3.05) is 13.2 Å². The summed E-state index contributed by atoms with van der Waals surface area (Å²) in [5.41, 5.74) is 0. The van der Waals surface area contributed by atoms with Gasteiger partial charge in [0.25, 0.3) is 0 Å². The number of hydrogen-bond acceptors (Lipinski definition) is 8. The van der Waals surface area contributed by atoms with Crippen LogP contribution in [0.1, 0.15) is 27.7 Å². The van der Waals surface area contributed by atoms with Crippen molar-refractivity contribution in [1.29, 1.82) is 0 Å². The number of ether oxygens (including phenoxy) is 2. The number of carbonyl (C=O) groups excluding carboxylic acids is 4. The van der Waals surface area contributed by atoms with Crippen molar-refractivity contribution in [3.05, 3.63) is 24.3 Å². The van der Waals surface area contributed by atoms with Crippen LogP contribution in [0, 0.1) is 11.8 Å². The zero-order valence-corrected chi connectivity index (χ0v) is 19.3. The van der Waals surface area contributed by atoms with Crippen molar-refractivity contribution < 1.29 is 38.9 Å². The Morgan fingerprint density at radius 3 is 1.20 bits per heavy atom. The summed E-state index contributed by atoms with van der Waals surface area (Å²) in [7, 11) is 0. The van der Waals surface area contributed by atoms with E-state index in [0.29, 0.717) is 12.2 Å². The molecule has 136 valence electrons. The molecule has 0 N–H and O–H groups in total. The molecule has 0 aromatic carbocycles. The van der Waals surface area contributed by atoms with Gasteiger partial charge in [0, 0.05) is 12.2 Å². The van der Waals surface area contributed by atoms with Crippen LogP contribution in [0.25, 0.3) is 0 Å². The molecular formula is C16H22BaO8. The summed E-state index contributed by atoms with van der Waals surface area (Å²) >= 11 is 0. The fraction of sp³-hybridized carbons (Fsp3) is 0.500. The molecule has 25 heavy (non-hydrogen) atoms. The first-order valence-electron chi connectivity index (χ1n) is 7.16. The predicted molar refractivity (Wildman–Crippen MR) is 85.6 cm³/mol. The van der Waals surface area contributed by atoms with Gasteiger partial charge in [-0.05, 0) is 24.0 Å². The monoisotopic (exact) mass is 480 g/mol. The Labute approximate surface area is 187 Å². The molecule has 0 aliphatic rings. The zero-order chi connectivity index (χ0) is 19.1. The van der Waals surface area contributed by atoms with Gasteiger partial charge in [-0.1, -0.05) is 27.7 Å². The van der Waals surface area contributed by atoms with Crippen LogP contribution in [0.4, 0.5) is 0 Å². The number of carbonyl (C=O) groups is 4. The molecule has 0 aromatic heterocycles. The molecule has 0 unspecified atom stereocenters. The summed E-state index contributed by atoms with van der Waals surface area (Å²) in [6, 6.07) is 0. The van der Waals surface area contributed by atoms with Crippen molar-refractivity contribution in [2.45, 2.75) is 27.7 Å². The SMILES string of the molecule is CC(C)COC(=O)C=CC(=O)[O-].CC(C)COC(=O)C=CC(=O)[O-].[Ba+2]. The van der Waals surface area contributed by atoms with E-state index >= 15 is 0 Å². The second-order valence-electron chi connectivity index (χ2n) is 5.35. The van der Waals surface area contributed by atoms with Gasteiger partial charge in [-0.25, -0.2) is 9.59 Å². The summed E-state index contributed by atoms with van der Waals surface area (Å²) in [5.74, 6) is -3.65.